The maximum atomic E-state index is 12.6. The largest absolute Gasteiger partial charge is 0.496 e. The van der Waals surface area contributed by atoms with Gasteiger partial charge in [0.25, 0.3) is 5.91 Å². The van der Waals surface area contributed by atoms with Crippen molar-refractivity contribution in [2.24, 2.45) is 0 Å². The summed E-state index contributed by atoms with van der Waals surface area (Å²) in [6, 6.07) is 9.04. The Morgan fingerprint density at radius 2 is 2.15 bits per heavy atom. The molecule has 0 bridgehead atoms. The van der Waals surface area contributed by atoms with Crippen LogP contribution in [0.25, 0.3) is 10.7 Å². The number of rotatable bonds is 5. The molecule has 1 aromatic carbocycles. The molecule has 0 spiro atoms. The first kappa shape index (κ1) is 16.8. The first-order chi connectivity index (χ1) is 12.7. The number of benzene rings is 1. The molecule has 2 heterocycles. The summed E-state index contributed by atoms with van der Waals surface area (Å²) in [6.45, 7) is 1.96. The van der Waals surface area contributed by atoms with Gasteiger partial charge < -0.3 is 14.6 Å². The summed E-state index contributed by atoms with van der Waals surface area (Å²) in [5, 5.41) is 7.05. The quantitative estimate of drug-likeness (QED) is 0.709. The fourth-order valence-electron chi connectivity index (χ4n) is 2.89. The normalized spacial score (nSPS) is 14.1. The van der Waals surface area contributed by atoms with Gasteiger partial charge in [0, 0.05) is 10.8 Å². The number of nitrogens with one attached hydrogen (secondary N) is 1. The van der Waals surface area contributed by atoms with Crippen LogP contribution in [0.15, 0.2) is 34.9 Å². The molecule has 7 heteroatoms. The number of methoxy groups -OCH3 is 1. The van der Waals surface area contributed by atoms with E-state index in [1.807, 2.05) is 25.1 Å². The summed E-state index contributed by atoms with van der Waals surface area (Å²) in [4.78, 5) is 19.0. The molecule has 1 aliphatic carbocycles. The van der Waals surface area contributed by atoms with Crippen molar-refractivity contribution in [3.8, 4) is 16.5 Å². The fraction of sp³-hybridized carbons (Fsp3) is 0.316. The predicted molar refractivity (Wildman–Crippen MR) is 99.9 cm³/mol. The van der Waals surface area contributed by atoms with E-state index in [0.717, 1.165) is 34.2 Å². The Hall–Kier alpha value is -2.67. The molecule has 1 saturated carbocycles. The standard InChI is InChI=1S/C19H19N3O3S/c1-11-14(20-18(23)13-8-3-4-9-15(13)24-2)10-16(26-11)17-21-19(25-22-17)12-6-5-7-12/h3-4,8-10,12H,5-7H2,1-2H3,(H,20,23). The van der Waals surface area contributed by atoms with Gasteiger partial charge in [-0.3, -0.25) is 4.79 Å². The first-order valence-corrected chi connectivity index (χ1v) is 9.36. The number of aromatic nitrogens is 2. The summed E-state index contributed by atoms with van der Waals surface area (Å²) < 4.78 is 10.7. The maximum Gasteiger partial charge on any atom is 0.259 e. The minimum atomic E-state index is -0.210. The fourth-order valence-corrected chi connectivity index (χ4v) is 3.80. The van der Waals surface area contributed by atoms with Crippen molar-refractivity contribution in [2.45, 2.75) is 32.1 Å². The molecular weight excluding hydrogens is 350 g/mol. The highest BCUT2D eigenvalue weighted by Crippen LogP contribution is 2.38. The van der Waals surface area contributed by atoms with Crippen molar-refractivity contribution in [3.05, 3.63) is 46.7 Å². The highest BCUT2D eigenvalue weighted by Gasteiger charge is 2.26. The smallest absolute Gasteiger partial charge is 0.259 e. The molecule has 1 fully saturated rings. The Balaban J connectivity index is 1.55. The van der Waals surface area contributed by atoms with Crippen molar-refractivity contribution < 1.29 is 14.1 Å². The molecule has 2 aromatic heterocycles. The molecule has 6 nitrogen and oxygen atoms in total. The molecule has 1 amide bonds. The van der Waals surface area contributed by atoms with Gasteiger partial charge in [0.1, 0.15) is 5.75 Å². The van der Waals surface area contributed by atoms with Gasteiger partial charge in [-0.05, 0) is 38.0 Å². The molecule has 26 heavy (non-hydrogen) atoms. The van der Waals surface area contributed by atoms with Crippen LogP contribution in [0.2, 0.25) is 0 Å². The van der Waals surface area contributed by atoms with Crippen LogP contribution in [0.5, 0.6) is 5.75 Å². The van der Waals surface area contributed by atoms with Crippen LogP contribution in [0.3, 0.4) is 0 Å². The Morgan fingerprint density at radius 3 is 2.88 bits per heavy atom. The zero-order valence-electron chi connectivity index (χ0n) is 14.6. The van der Waals surface area contributed by atoms with Gasteiger partial charge >= 0.3 is 0 Å². The van der Waals surface area contributed by atoms with Gasteiger partial charge in [-0.2, -0.15) is 4.98 Å². The molecule has 3 aromatic rings. The highest BCUT2D eigenvalue weighted by atomic mass is 32.1. The van der Waals surface area contributed by atoms with Crippen LogP contribution in [0.4, 0.5) is 5.69 Å². The third-order valence-corrected chi connectivity index (χ3v) is 5.68. The monoisotopic (exact) mass is 369 g/mol. The number of carbonyl (C=O) groups is 1. The lowest BCUT2D eigenvalue weighted by Crippen LogP contribution is -2.13. The lowest BCUT2D eigenvalue weighted by Gasteiger charge is -2.20. The zero-order valence-corrected chi connectivity index (χ0v) is 15.4. The van der Waals surface area contributed by atoms with Crippen molar-refractivity contribution in [1.29, 1.82) is 0 Å². The number of nitrogens with zero attached hydrogens (tertiary/aromatic N) is 2. The van der Waals surface area contributed by atoms with E-state index < -0.39 is 0 Å². The molecule has 0 aliphatic heterocycles. The van der Waals surface area contributed by atoms with E-state index in [4.69, 9.17) is 9.26 Å². The minimum Gasteiger partial charge on any atom is -0.496 e. The summed E-state index contributed by atoms with van der Waals surface area (Å²) >= 11 is 1.53. The van der Waals surface area contributed by atoms with E-state index in [1.165, 1.54) is 17.8 Å². The zero-order chi connectivity index (χ0) is 18.1. The third-order valence-electron chi connectivity index (χ3n) is 4.63. The van der Waals surface area contributed by atoms with Crippen LogP contribution in [0, 0.1) is 6.92 Å². The van der Waals surface area contributed by atoms with Crippen molar-refractivity contribution in [2.75, 3.05) is 12.4 Å². The Labute approximate surface area is 155 Å². The molecule has 0 atom stereocenters. The number of carbonyl (C=O) groups excluding carboxylic acids is 1. The van der Waals surface area contributed by atoms with Crippen LogP contribution in [-0.2, 0) is 0 Å². The molecule has 134 valence electrons. The van der Waals surface area contributed by atoms with E-state index in [2.05, 4.69) is 15.5 Å². The molecular formula is C19H19N3O3S. The van der Waals surface area contributed by atoms with E-state index >= 15 is 0 Å². The van der Waals surface area contributed by atoms with Crippen LogP contribution in [-0.4, -0.2) is 23.2 Å². The average molecular weight is 369 g/mol. The van der Waals surface area contributed by atoms with Crippen LogP contribution in [0.1, 0.15) is 46.3 Å². The van der Waals surface area contributed by atoms with Crippen molar-refractivity contribution in [1.82, 2.24) is 10.1 Å². The highest BCUT2D eigenvalue weighted by molar-refractivity contribution is 7.16. The summed E-state index contributed by atoms with van der Waals surface area (Å²) in [5.74, 6) is 2.04. The van der Waals surface area contributed by atoms with Crippen LogP contribution < -0.4 is 10.1 Å². The topological polar surface area (TPSA) is 77.2 Å². The third kappa shape index (κ3) is 3.10. The first-order valence-electron chi connectivity index (χ1n) is 8.54. The van der Waals surface area contributed by atoms with Gasteiger partial charge in [0.2, 0.25) is 11.7 Å². The Kier molecular flexibility index (Phi) is 4.46. The van der Waals surface area contributed by atoms with Gasteiger partial charge in [0.05, 0.1) is 23.2 Å². The number of amides is 1. The summed E-state index contributed by atoms with van der Waals surface area (Å²) in [7, 11) is 1.55. The number of hydrogen-bond acceptors (Lipinski definition) is 6. The number of anilines is 1. The van der Waals surface area contributed by atoms with Gasteiger partial charge in [-0.25, -0.2) is 0 Å². The second kappa shape index (κ2) is 6.92. The van der Waals surface area contributed by atoms with E-state index in [0.29, 0.717) is 23.1 Å². The van der Waals surface area contributed by atoms with Gasteiger partial charge in [-0.1, -0.05) is 23.7 Å². The van der Waals surface area contributed by atoms with Gasteiger partial charge in [0.15, 0.2) is 0 Å². The van der Waals surface area contributed by atoms with E-state index in [-0.39, 0.29) is 5.91 Å². The average Bonchev–Trinajstić information content (AvgIpc) is 3.21. The van der Waals surface area contributed by atoms with E-state index in [1.54, 1.807) is 19.2 Å². The van der Waals surface area contributed by atoms with Crippen molar-refractivity contribution >= 4 is 22.9 Å². The lowest BCUT2D eigenvalue weighted by atomic mass is 9.85. The van der Waals surface area contributed by atoms with Crippen molar-refractivity contribution in [3.63, 3.8) is 0 Å². The second-order valence-electron chi connectivity index (χ2n) is 6.32. The summed E-state index contributed by atoms with van der Waals surface area (Å²) in [6.07, 6.45) is 3.45. The molecule has 1 N–H and O–H groups in total. The Morgan fingerprint density at radius 1 is 1.35 bits per heavy atom. The second-order valence-corrected chi connectivity index (χ2v) is 7.58. The molecule has 1 aliphatic rings. The number of para-hydroxylation sites is 1. The summed E-state index contributed by atoms with van der Waals surface area (Å²) in [5.41, 5.74) is 1.24. The number of thiophene rings is 1. The molecule has 4 rings (SSSR count). The number of aryl methyl sites for hydroxylation is 1. The maximum absolute atomic E-state index is 12.6. The Bertz CT molecular complexity index is 943. The van der Waals surface area contributed by atoms with Gasteiger partial charge in [-0.15, -0.1) is 11.3 Å². The lowest BCUT2D eigenvalue weighted by molar-refractivity contribution is 0.102. The number of ether oxygens (including phenoxy) is 1. The predicted octanol–water partition coefficient (Wildman–Crippen LogP) is 4.63. The van der Waals surface area contributed by atoms with E-state index in [9.17, 15) is 4.79 Å². The van der Waals surface area contributed by atoms with Crippen LogP contribution >= 0.6 is 11.3 Å². The number of hydrogen-bond donors (Lipinski definition) is 1. The minimum absolute atomic E-state index is 0.210. The molecule has 0 unspecified atom stereocenters. The molecule has 0 saturated heterocycles. The SMILES string of the molecule is COc1ccccc1C(=O)Nc1cc(-c2noc(C3CCC3)n2)sc1C. The molecule has 0 radical (unpaired) electrons.